The van der Waals surface area contributed by atoms with Gasteiger partial charge in [0.15, 0.2) is 5.15 Å². The molecular formula is C15H17ClN2O. The molecular weight excluding hydrogens is 260 g/mol. The molecule has 1 aromatic heterocycles. The lowest BCUT2D eigenvalue weighted by Crippen LogP contribution is -2.08. The zero-order valence-corrected chi connectivity index (χ0v) is 12.0. The van der Waals surface area contributed by atoms with E-state index in [-0.39, 0.29) is 11.8 Å². The van der Waals surface area contributed by atoms with Crippen molar-refractivity contribution in [1.82, 2.24) is 4.98 Å². The molecule has 3 nitrogen and oxygen atoms in total. The van der Waals surface area contributed by atoms with Crippen molar-refractivity contribution < 1.29 is 5.11 Å². The van der Waals surface area contributed by atoms with E-state index in [1.807, 2.05) is 39.0 Å². The third-order valence-electron chi connectivity index (χ3n) is 3.00. The van der Waals surface area contributed by atoms with Crippen molar-refractivity contribution in [3.8, 4) is 5.75 Å². The molecule has 0 aliphatic heterocycles. The molecule has 0 aliphatic rings. The van der Waals surface area contributed by atoms with Gasteiger partial charge >= 0.3 is 0 Å². The van der Waals surface area contributed by atoms with E-state index >= 15 is 0 Å². The van der Waals surface area contributed by atoms with Crippen molar-refractivity contribution in [2.24, 2.45) is 0 Å². The quantitative estimate of drug-likeness (QED) is 0.825. The molecule has 4 heteroatoms. The Balaban J connectivity index is 2.27. The van der Waals surface area contributed by atoms with Gasteiger partial charge in [0.1, 0.15) is 5.75 Å². The second-order valence-corrected chi connectivity index (χ2v) is 5.14. The third-order valence-corrected chi connectivity index (χ3v) is 3.30. The largest absolute Gasteiger partial charge is 0.508 e. The van der Waals surface area contributed by atoms with Crippen LogP contribution >= 0.6 is 11.6 Å². The SMILES string of the molecule is Cc1cnc(Cl)c(NC(C)c2cc(C)ccc2O)c1. The molecule has 100 valence electrons. The fourth-order valence-corrected chi connectivity index (χ4v) is 2.14. The van der Waals surface area contributed by atoms with E-state index in [0.29, 0.717) is 5.15 Å². The minimum Gasteiger partial charge on any atom is -0.508 e. The fraction of sp³-hybridized carbons (Fsp3) is 0.267. The van der Waals surface area contributed by atoms with Crippen molar-refractivity contribution in [3.05, 3.63) is 52.3 Å². The zero-order valence-electron chi connectivity index (χ0n) is 11.2. The Morgan fingerprint density at radius 2 is 1.95 bits per heavy atom. The van der Waals surface area contributed by atoms with Crippen molar-refractivity contribution in [2.45, 2.75) is 26.8 Å². The summed E-state index contributed by atoms with van der Waals surface area (Å²) >= 11 is 6.06. The van der Waals surface area contributed by atoms with Gasteiger partial charge in [-0.1, -0.05) is 29.3 Å². The number of rotatable bonds is 3. The summed E-state index contributed by atoms with van der Waals surface area (Å²) in [5.41, 5.74) is 3.76. The first-order valence-corrected chi connectivity index (χ1v) is 6.53. The number of benzene rings is 1. The first kappa shape index (κ1) is 13.7. The molecule has 1 atom stereocenters. The van der Waals surface area contributed by atoms with Crippen LogP contribution in [0.2, 0.25) is 5.15 Å². The monoisotopic (exact) mass is 276 g/mol. The summed E-state index contributed by atoms with van der Waals surface area (Å²) in [6.45, 7) is 5.94. The highest BCUT2D eigenvalue weighted by Crippen LogP contribution is 2.30. The zero-order chi connectivity index (χ0) is 14.0. The molecule has 0 saturated heterocycles. The number of aromatic hydroxyl groups is 1. The highest BCUT2D eigenvalue weighted by Gasteiger charge is 2.12. The normalized spacial score (nSPS) is 12.2. The van der Waals surface area contributed by atoms with Crippen LogP contribution in [0.25, 0.3) is 0 Å². The Morgan fingerprint density at radius 3 is 2.68 bits per heavy atom. The third kappa shape index (κ3) is 3.18. The predicted octanol–water partition coefficient (Wildman–Crippen LogP) is 4.23. The summed E-state index contributed by atoms with van der Waals surface area (Å²) in [6.07, 6.45) is 1.72. The second-order valence-electron chi connectivity index (χ2n) is 4.78. The summed E-state index contributed by atoms with van der Waals surface area (Å²) in [5.74, 6) is 0.280. The number of aryl methyl sites for hydroxylation is 2. The van der Waals surface area contributed by atoms with Gasteiger partial charge in [-0.25, -0.2) is 4.98 Å². The predicted molar refractivity (Wildman–Crippen MR) is 78.9 cm³/mol. The number of aromatic nitrogens is 1. The standard InChI is InChI=1S/C15H17ClN2O/c1-9-4-5-14(19)12(6-9)11(3)18-13-7-10(2)8-17-15(13)16/h4-8,11,18-19H,1-3H3. The molecule has 0 fully saturated rings. The summed E-state index contributed by atoms with van der Waals surface area (Å²) in [5, 5.41) is 13.6. The molecule has 1 aromatic carbocycles. The highest BCUT2D eigenvalue weighted by molar-refractivity contribution is 6.31. The molecule has 0 aliphatic carbocycles. The van der Waals surface area contributed by atoms with Crippen molar-refractivity contribution in [1.29, 1.82) is 0 Å². The number of pyridine rings is 1. The fourth-order valence-electron chi connectivity index (χ4n) is 1.99. The first-order valence-electron chi connectivity index (χ1n) is 6.15. The first-order chi connectivity index (χ1) is 8.97. The van der Waals surface area contributed by atoms with E-state index in [0.717, 1.165) is 22.4 Å². The Bertz CT molecular complexity index is 599. The maximum atomic E-state index is 9.92. The average molecular weight is 277 g/mol. The molecule has 2 N–H and O–H groups in total. The maximum absolute atomic E-state index is 9.92. The van der Waals surface area contributed by atoms with Crippen LogP contribution in [-0.4, -0.2) is 10.1 Å². The van der Waals surface area contributed by atoms with Gasteiger partial charge < -0.3 is 10.4 Å². The van der Waals surface area contributed by atoms with Gasteiger partial charge in [-0.3, -0.25) is 0 Å². The lowest BCUT2D eigenvalue weighted by molar-refractivity contribution is 0.465. The number of hydrogen-bond acceptors (Lipinski definition) is 3. The summed E-state index contributed by atoms with van der Waals surface area (Å²) < 4.78 is 0. The molecule has 0 bridgehead atoms. The van der Waals surface area contributed by atoms with Gasteiger partial charge in [-0.2, -0.15) is 0 Å². The van der Waals surface area contributed by atoms with Gasteiger partial charge in [0.2, 0.25) is 0 Å². The van der Waals surface area contributed by atoms with Crippen molar-refractivity contribution in [2.75, 3.05) is 5.32 Å². The molecule has 2 aromatic rings. The van der Waals surface area contributed by atoms with Gasteiger partial charge in [0.25, 0.3) is 0 Å². The van der Waals surface area contributed by atoms with Crippen LogP contribution in [0.3, 0.4) is 0 Å². The van der Waals surface area contributed by atoms with Crippen molar-refractivity contribution >= 4 is 17.3 Å². The summed E-state index contributed by atoms with van der Waals surface area (Å²) in [6, 6.07) is 7.44. The van der Waals surface area contributed by atoms with Gasteiger partial charge in [0.05, 0.1) is 11.7 Å². The smallest absolute Gasteiger partial charge is 0.152 e. The van der Waals surface area contributed by atoms with Crippen LogP contribution < -0.4 is 5.32 Å². The van der Waals surface area contributed by atoms with Crippen LogP contribution in [-0.2, 0) is 0 Å². The lowest BCUT2D eigenvalue weighted by Gasteiger charge is -2.18. The van der Waals surface area contributed by atoms with E-state index in [4.69, 9.17) is 11.6 Å². The van der Waals surface area contributed by atoms with E-state index in [9.17, 15) is 5.11 Å². The number of nitrogens with one attached hydrogen (secondary N) is 1. The summed E-state index contributed by atoms with van der Waals surface area (Å²) in [4.78, 5) is 4.11. The van der Waals surface area contributed by atoms with Crippen molar-refractivity contribution in [3.63, 3.8) is 0 Å². The Kier molecular flexibility index (Phi) is 3.96. The van der Waals surface area contributed by atoms with E-state index in [2.05, 4.69) is 10.3 Å². The van der Waals surface area contributed by atoms with Gasteiger partial charge in [-0.15, -0.1) is 0 Å². The van der Waals surface area contributed by atoms with E-state index < -0.39 is 0 Å². The number of phenolic OH excluding ortho intramolecular Hbond substituents is 1. The number of halogens is 1. The number of phenols is 1. The molecule has 1 unspecified atom stereocenters. The molecule has 0 amide bonds. The Morgan fingerprint density at radius 1 is 1.21 bits per heavy atom. The van der Waals surface area contributed by atoms with Crippen LogP contribution in [0.15, 0.2) is 30.5 Å². The lowest BCUT2D eigenvalue weighted by atomic mass is 10.0. The van der Waals surface area contributed by atoms with Gasteiger partial charge in [-0.05, 0) is 38.5 Å². The highest BCUT2D eigenvalue weighted by atomic mass is 35.5. The molecule has 19 heavy (non-hydrogen) atoms. The topological polar surface area (TPSA) is 45.2 Å². The minimum atomic E-state index is -0.0546. The molecule has 2 rings (SSSR count). The van der Waals surface area contributed by atoms with Gasteiger partial charge in [0, 0.05) is 11.8 Å². The maximum Gasteiger partial charge on any atom is 0.152 e. The molecule has 1 heterocycles. The Hall–Kier alpha value is -1.74. The number of hydrogen-bond donors (Lipinski definition) is 2. The summed E-state index contributed by atoms with van der Waals surface area (Å²) in [7, 11) is 0. The average Bonchev–Trinajstić information content (AvgIpc) is 2.36. The van der Waals surface area contributed by atoms with Crippen LogP contribution in [0.5, 0.6) is 5.75 Å². The molecule has 0 radical (unpaired) electrons. The van der Waals surface area contributed by atoms with E-state index in [1.165, 1.54) is 0 Å². The van der Waals surface area contributed by atoms with Crippen LogP contribution in [0.4, 0.5) is 5.69 Å². The van der Waals surface area contributed by atoms with Crippen LogP contribution in [0.1, 0.15) is 29.7 Å². The van der Waals surface area contributed by atoms with E-state index in [1.54, 1.807) is 12.3 Å². The number of nitrogens with zero attached hydrogens (tertiary/aromatic N) is 1. The Labute approximate surface area is 118 Å². The molecule has 0 spiro atoms. The second kappa shape index (κ2) is 5.49. The minimum absolute atomic E-state index is 0.0546. The molecule has 0 saturated carbocycles. The number of anilines is 1. The van der Waals surface area contributed by atoms with Crippen LogP contribution in [0, 0.1) is 13.8 Å².